The molecule has 18 heavy (non-hydrogen) atoms. The van der Waals surface area contributed by atoms with Crippen LogP contribution in [-0.4, -0.2) is 39.4 Å². The number of hydrogen-bond donors (Lipinski definition) is 0. The molecule has 0 saturated heterocycles. The van der Waals surface area contributed by atoms with Crippen molar-refractivity contribution in [3.05, 3.63) is 10.7 Å². The topological polar surface area (TPSA) is 27.7 Å². The molecule has 0 aliphatic carbocycles. The van der Waals surface area contributed by atoms with Crippen molar-refractivity contribution in [1.82, 2.24) is 0 Å². The molecule has 0 atom stereocenters. The fourth-order valence-corrected chi connectivity index (χ4v) is 6.77. The summed E-state index contributed by atoms with van der Waals surface area (Å²) in [6.45, 7) is 12.6. The molecular weight excluding hydrogens is 335 g/mol. The molecular formula is C14H30O3Sn. The second-order valence-corrected chi connectivity index (χ2v) is 11.5. The predicted octanol–water partition coefficient (Wildman–Crippen LogP) is 4.10. The quantitative estimate of drug-likeness (QED) is 0.363. The average molecular weight is 365 g/mol. The van der Waals surface area contributed by atoms with Gasteiger partial charge in [0, 0.05) is 0 Å². The van der Waals surface area contributed by atoms with E-state index in [4.69, 9.17) is 9.22 Å². The molecule has 0 rings (SSSR count). The van der Waals surface area contributed by atoms with Gasteiger partial charge in [-0.3, -0.25) is 0 Å². The van der Waals surface area contributed by atoms with Gasteiger partial charge in [-0.1, -0.05) is 0 Å². The summed E-state index contributed by atoms with van der Waals surface area (Å²) in [6, 6.07) is 0. The van der Waals surface area contributed by atoms with Gasteiger partial charge in [-0.05, 0) is 0 Å². The molecule has 0 bridgehead atoms. The first kappa shape index (κ1) is 18.4. The van der Waals surface area contributed by atoms with Gasteiger partial charge in [0.25, 0.3) is 0 Å². The van der Waals surface area contributed by atoms with Gasteiger partial charge in [0.15, 0.2) is 0 Å². The Morgan fingerprint density at radius 1 is 0.778 bits per heavy atom. The molecule has 0 unspecified atom stereocenters. The van der Waals surface area contributed by atoms with Crippen LogP contribution in [0.5, 0.6) is 0 Å². The van der Waals surface area contributed by atoms with E-state index in [-0.39, 0.29) is 0 Å². The van der Waals surface area contributed by atoms with E-state index in [0.29, 0.717) is 0 Å². The van der Waals surface area contributed by atoms with E-state index in [1.54, 1.807) is 0 Å². The van der Waals surface area contributed by atoms with E-state index in [0.717, 1.165) is 58.3 Å². The van der Waals surface area contributed by atoms with Crippen molar-refractivity contribution < 1.29 is 9.22 Å². The van der Waals surface area contributed by atoms with Crippen molar-refractivity contribution >= 4 is 19.6 Å². The predicted molar refractivity (Wildman–Crippen MR) is 78.5 cm³/mol. The molecule has 0 aromatic rings. The van der Waals surface area contributed by atoms with Crippen LogP contribution in [0.2, 0.25) is 0 Å². The molecule has 108 valence electrons. The van der Waals surface area contributed by atoms with Crippen molar-refractivity contribution in [1.29, 1.82) is 0 Å². The third-order valence-electron chi connectivity index (χ3n) is 2.65. The first-order valence-corrected chi connectivity index (χ1v) is 12.4. The zero-order valence-electron chi connectivity index (χ0n) is 12.4. The summed E-state index contributed by atoms with van der Waals surface area (Å²) in [4.78, 5) is 0. The first-order chi connectivity index (χ1) is 8.74. The third-order valence-corrected chi connectivity index (χ3v) is 9.27. The Kier molecular flexibility index (Phi) is 12.7. The summed E-state index contributed by atoms with van der Waals surface area (Å²) in [5.74, 6) is 0. The number of hydrogen-bond acceptors (Lipinski definition) is 3. The minimum absolute atomic E-state index is 0.733. The molecule has 0 heterocycles. The van der Waals surface area contributed by atoms with Gasteiger partial charge >= 0.3 is 119 Å². The van der Waals surface area contributed by atoms with Crippen LogP contribution in [0.1, 0.15) is 59.3 Å². The fourth-order valence-electron chi connectivity index (χ4n) is 1.38. The molecule has 0 N–H and O–H groups in total. The summed E-state index contributed by atoms with van der Waals surface area (Å²) in [5.41, 5.74) is 0. The van der Waals surface area contributed by atoms with Crippen LogP contribution < -0.4 is 0 Å². The Morgan fingerprint density at radius 2 is 1.11 bits per heavy atom. The van der Waals surface area contributed by atoms with Gasteiger partial charge in [-0.15, -0.1) is 0 Å². The summed E-state index contributed by atoms with van der Waals surface area (Å²) >= 11 is -3.42. The normalized spacial score (nSPS) is 11.7. The van der Waals surface area contributed by atoms with Crippen LogP contribution in [0.4, 0.5) is 0 Å². The molecule has 0 saturated carbocycles. The van der Waals surface area contributed by atoms with Crippen molar-refractivity contribution in [2.45, 2.75) is 59.3 Å². The Morgan fingerprint density at radius 3 is 1.33 bits per heavy atom. The maximum atomic E-state index is 5.96. The van der Waals surface area contributed by atoms with E-state index >= 15 is 0 Å². The molecule has 3 nitrogen and oxygen atoms in total. The molecule has 4 heteroatoms. The van der Waals surface area contributed by atoms with Gasteiger partial charge in [0.1, 0.15) is 0 Å². The van der Waals surface area contributed by atoms with E-state index in [2.05, 4.69) is 27.4 Å². The number of rotatable bonds is 13. The molecule has 0 spiro atoms. The van der Waals surface area contributed by atoms with Crippen LogP contribution in [0.3, 0.4) is 0 Å². The molecule has 0 fully saturated rings. The van der Waals surface area contributed by atoms with Crippen molar-refractivity contribution in [2.75, 3.05) is 19.8 Å². The molecule has 0 aliphatic heterocycles. The molecule has 0 aromatic carbocycles. The van der Waals surface area contributed by atoms with Crippen LogP contribution in [-0.2, 0) is 9.22 Å². The van der Waals surface area contributed by atoms with E-state index in [1.807, 2.05) is 4.09 Å². The van der Waals surface area contributed by atoms with Crippen molar-refractivity contribution in [3.63, 3.8) is 0 Å². The van der Waals surface area contributed by atoms with E-state index < -0.39 is 19.6 Å². The first-order valence-electron chi connectivity index (χ1n) is 7.30. The van der Waals surface area contributed by atoms with Gasteiger partial charge in [-0.2, -0.15) is 0 Å². The third kappa shape index (κ3) is 8.51. The van der Waals surface area contributed by atoms with Gasteiger partial charge < -0.3 is 0 Å². The standard InChI is InChI=1S/3C4H9O.C2H3.Sn/c3*1-2-3-4-5;1-2;/h3*2-4H2,1H3;1H,2H2;/q3*-1;;+3. The molecule has 0 radical (unpaired) electrons. The fraction of sp³-hybridized carbons (Fsp3) is 0.857. The van der Waals surface area contributed by atoms with Crippen LogP contribution in [0.25, 0.3) is 0 Å². The van der Waals surface area contributed by atoms with Crippen LogP contribution in [0, 0.1) is 0 Å². The minimum atomic E-state index is -3.42. The second kappa shape index (κ2) is 12.5. The summed E-state index contributed by atoms with van der Waals surface area (Å²) in [5, 5.41) is 0. The zero-order chi connectivity index (χ0) is 13.7. The Labute approximate surface area is 118 Å². The molecule has 0 amide bonds. The van der Waals surface area contributed by atoms with E-state index in [9.17, 15) is 0 Å². The molecule has 0 aromatic heterocycles. The summed E-state index contributed by atoms with van der Waals surface area (Å²) in [7, 11) is 0. The van der Waals surface area contributed by atoms with Crippen LogP contribution in [0.15, 0.2) is 10.7 Å². The average Bonchev–Trinajstić information content (AvgIpc) is 2.39. The summed E-state index contributed by atoms with van der Waals surface area (Å²) in [6.07, 6.45) is 6.55. The maximum absolute atomic E-state index is 5.96. The van der Waals surface area contributed by atoms with Gasteiger partial charge in [0.2, 0.25) is 0 Å². The van der Waals surface area contributed by atoms with E-state index in [1.165, 1.54) is 0 Å². The van der Waals surface area contributed by atoms with Gasteiger partial charge in [0.05, 0.1) is 0 Å². The Hall–Kier alpha value is 0.419. The van der Waals surface area contributed by atoms with Gasteiger partial charge in [-0.25, -0.2) is 0 Å². The number of unbranched alkanes of at least 4 members (excludes halogenated alkanes) is 3. The monoisotopic (exact) mass is 366 g/mol. The van der Waals surface area contributed by atoms with Crippen molar-refractivity contribution in [3.8, 4) is 0 Å². The summed E-state index contributed by atoms with van der Waals surface area (Å²) < 4.78 is 19.7. The Balaban J connectivity index is 4.25. The Bertz CT molecular complexity index is 171. The van der Waals surface area contributed by atoms with Crippen LogP contribution >= 0.6 is 0 Å². The molecule has 0 aliphatic rings. The zero-order valence-corrected chi connectivity index (χ0v) is 15.2. The SMILES string of the molecule is C=[CH][Sn]([O]CCCC)([O]CCCC)[O]CCCC. The second-order valence-electron chi connectivity index (χ2n) is 4.41. The van der Waals surface area contributed by atoms with Crippen molar-refractivity contribution in [2.24, 2.45) is 0 Å².